The molecule has 2 nitrogen and oxygen atoms in total. The van der Waals surface area contributed by atoms with Crippen molar-refractivity contribution in [2.45, 2.75) is 12.5 Å². The van der Waals surface area contributed by atoms with Gasteiger partial charge in [0.25, 0.3) is 0 Å². The molecule has 1 atom stereocenters. The maximum Gasteiger partial charge on any atom is 0.123 e. The van der Waals surface area contributed by atoms with Crippen molar-refractivity contribution in [3.63, 3.8) is 0 Å². The summed E-state index contributed by atoms with van der Waals surface area (Å²) in [6, 6.07) is 7.05. The van der Waals surface area contributed by atoms with Crippen LogP contribution in [0.1, 0.15) is 6.42 Å². The van der Waals surface area contributed by atoms with Crippen LogP contribution in [0.3, 0.4) is 0 Å². The largest absolute Gasteiger partial charge is 0.381 e. The molecule has 0 bridgehead atoms. The second-order valence-corrected chi connectivity index (χ2v) is 3.90. The van der Waals surface area contributed by atoms with Gasteiger partial charge in [-0.2, -0.15) is 0 Å². The Balaban J connectivity index is 1.94. The van der Waals surface area contributed by atoms with Crippen LogP contribution in [-0.2, 0) is 0 Å². The Morgan fingerprint density at radius 3 is 2.64 bits per heavy atom. The number of likely N-dealkylation sites (N-methyl/N-ethyl adjacent to an activating group) is 1. The number of nitrogens with zero attached hydrogens (tertiary/aromatic N) is 1. The zero-order valence-electron chi connectivity index (χ0n) is 8.33. The Kier molecular flexibility index (Phi) is 2.68. The molecule has 1 fully saturated rings. The number of anilines is 1. The number of benzene rings is 1. The number of rotatable bonds is 2. The summed E-state index contributed by atoms with van der Waals surface area (Å²) in [6.07, 6.45) is 1.16. The molecule has 0 spiro atoms. The van der Waals surface area contributed by atoms with Gasteiger partial charge >= 0.3 is 0 Å². The van der Waals surface area contributed by atoms with E-state index in [-0.39, 0.29) is 5.82 Å². The molecule has 0 amide bonds. The van der Waals surface area contributed by atoms with E-state index in [0.717, 1.165) is 25.2 Å². The minimum atomic E-state index is -0.181. The fourth-order valence-corrected chi connectivity index (χ4v) is 1.83. The SMILES string of the molecule is CN1CCC(Nc2ccc(F)cc2)C1. The van der Waals surface area contributed by atoms with Crippen molar-refractivity contribution < 1.29 is 4.39 Å². The second-order valence-electron chi connectivity index (χ2n) is 3.90. The highest BCUT2D eigenvalue weighted by Gasteiger charge is 2.18. The third-order valence-electron chi connectivity index (χ3n) is 2.61. The summed E-state index contributed by atoms with van der Waals surface area (Å²) in [6.45, 7) is 2.20. The molecule has 1 heterocycles. The van der Waals surface area contributed by atoms with Crippen LogP contribution in [0.25, 0.3) is 0 Å². The van der Waals surface area contributed by atoms with Gasteiger partial charge in [-0.15, -0.1) is 0 Å². The van der Waals surface area contributed by atoms with E-state index < -0.39 is 0 Å². The molecule has 0 radical (unpaired) electrons. The molecule has 1 saturated heterocycles. The normalized spacial score (nSPS) is 22.6. The molecule has 0 aromatic heterocycles. The van der Waals surface area contributed by atoms with Crippen molar-refractivity contribution in [2.75, 3.05) is 25.5 Å². The maximum absolute atomic E-state index is 12.6. The van der Waals surface area contributed by atoms with Crippen LogP contribution in [0.5, 0.6) is 0 Å². The number of halogens is 1. The zero-order chi connectivity index (χ0) is 9.97. The highest BCUT2D eigenvalue weighted by Crippen LogP contribution is 2.14. The highest BCUT2D eigenvalue weighted by molar-refractivity contribution is 5.44. The first kappa shape index (κ1) is 9.46. The van der Waals surface area contributed by atoms with Gasteiger partial charge in [0.2, 0.25) is 0 Å². The lowest BCUT2D eigenvalue weighted by Gasteiger charge is -2.13. The molecule has 1 unspecified atom stereocenters. The maximum atomic E-state index is 12.6. The van der Waals surface area contributed by atoms with Crippen molar-refractivity contribution in [3.8, 4) is 0 Å². The average molecular weight is 194 g/mol. The standard InChI is InChI=1S/C11H15FN2/c1-14-7-6-11(8-14)13-10-4-2-9(12)3-5-10/h2-5,11,13H,6-8H2,1H3. The topological polar surface area (TPSA) is 15.3 Å². The highest BCUT2D eigenvalue weighted by atomic mass is 19.1. The van der Waals surface area contributed by atoms with E-state index in [2.05, 4.69) is 17.3 Å². The lowest BCUT2D eigenvalue weighted by Crippen LogP contribution is -2.23. The van der Waals surface area contributed by atoms with E-state index in [4.69, 9.17) is 0 Å². The van der Waals surface area contributed by atoms with Crippen LogP contribution in [0.15, 0.2) is 24.3 Å². The van der Waals surface area contributed by atoms with E-state index in [1.54, 1.807) is 12.1 Å². The fourth-order valence-electron chi connectivity index (χ4n) is 1.83. The number of hydrogen-bond acceptors (Lipinski definition) is 2. The van der Waals surface area contributed by atoms with Crippen molar-refractivity contribution in [1.82, 2.24) is 4.90 Å². The van der Waals surface area contributed by atoms with Gasteiger partial charge in [-0.25, -0.2) is 4.39 Å². The molecule has 1 aromatic rings. The molecular formula is C11H15FN2. The van der Waals surface area contributed by atoms with Gasteiger partial charge in [0.1, 0.15) is 5.82 Å². The third-order valence-corrected chi connectivity index (χ3v) is 2.61. The smallest absolute Gasteiger partial charge is 0.123 e. The van der Waals surface area contributed by atoms with E-state index in [9.17, 15) is 4.39 Å². The molecular weight excluding hydrogens is 179 g/mol. The summed E-state index contributed by atoms with van der Waals surface area (Å²) in [4.78, 5) is 2.29. The monoisotopic (exact) mass is 194 g/mol. The van der Waals surface area contributed by atoms with Gasteiger partial charge in [0.05, 0.1) is 0 Å². The number of likely N-dealkylation sites (tertiary alicyclic amines) is 1. The molecule has 1 N–H and O–H groups in total. The van der Waals surface area contributed by atoms with Crippen LogP contribution in [0, 0.1) is 5.82 Å². The average Bonchev–Trinajstić information content (AvgIpc) is 2.56. The van der Waals surface area contributed by atoms with E-state index in [1.807, 2.05) is 0 Å². The minimum absolute atomic E-state index is 0.181. The Bertz CT molecular complexity index is 297. The second kappa shape index (κ2) is 3.96. The van der Waals surface area contributed by atoms with Gasteiger partial charge in [-0.05, 0) is 44.3 Å². The van der Waals surface area contributed by atoms with Crippen LogP contribution in [-0.4, -0.2) is 31.1 Å². The van der Waals surface area contributed by atoms with Crippen molar-refractivity contribution in [1.29, 1.82) is 0 Å². The Morgan fingerprint density at radius 1 is 1.36 bits per heavy atom. The Hall–Kier alpha value is -1.09. The summed E-state index contributed by atoms with van der Waals surface area (Å²) < 4.78 is 12.6. The molecule has 0 saturated carbocycles. The van der Waals surface area contributed by atoms with E-state index >= 15 is 0 Å². The number of hydrogen-bond donors (Lipinski definition) is 1. The first-order valence-corrected chi connectivity index (χ1v) is 4.95. The molecule has 1 aromatic carbocycles. The van der Waals surface area contributed by atoms with Gasteiger partial charge in [-0.3, -0.25) is 0 Å². The van der Waals surface area contributed by atoms with Crippen molar-refractivity contribution >= 4 is 5.69 Å². The summed E-state index contributed by atoms with van der Waals surface area (Å²) in [5.41, 5.74) is 1.01. The van der Waals surface area contributed by atoms with E-state index in [0.29, 0.717) is 6.04 Å². The molecule has 1 aliphatic rings. The summed E-state index contributed by atoms with van der Waals surface area (Å²) >= 11 is 0. The lowest BCUT2D eigenvalue weighted by atomic mass is 10.2. The Labute approximate surface area is 83.7 Å². The molecule has 2 rings (SSSR count). The van der Waals surface area contributed by atoms with Crippen LogP contribution in [0.2, 0.25) is 0 Å². The Morgan fingerprint density at radius 2 is 2.07 bits per heavy atom. The molecule has 76 valence electrons. The molecule has 3 heteroatoms. The summed E-state index contributed by atoms with van der Waals surface area (Å²) in [5.74, 6) is -0.181. The number of nitrogens with one attached hydrogen (secondary N) is 1. The third kappa shape index (κ3) is 2.23. The minimum Gasteiger partial charge on any atom is -0.381 e. The van der Waals surface area contributed by atoms with Gasteiger partial charge < -0.3 is 10.2 Å². The van der Waals surface area contributed by atoms with Gasteiger partial charge in [-0.1, -0.05) is 0 Å². The first-order chi connectivity index (χ1) is 6.74. The van der Waals surface area contributed by atoms with E-state index in [1.165, 1.54) is 12.1 Å². The van der Waals surface area contributed by atoms with Gasteiger partial charge in [0, 0.05) is 18.3 Å². The summed E-state index contributed by atoms with van der Waals surface area (Å²) in [5, 5.41) is 3.39. The van der Waals surface area contributed by atoms with Crippen molar-refractivity contribution in [2.24, 2.45) is 0 Å². The first-order valence-electron chi connectivity index (χ1n) is 4.95. The van der Waals surface area contributed by atoms with Gasteiger partial charge in [0.15, 0.2) is 0 Å². The predicted molar refractivity (Wildman–Crippen MR) is 55.9 cm³/mol. The molecule has 14 heavy (non-hydrogen) atoms. The van der Waals surface area contributed by atoms with Crippen molar-refractivity contribution in [3.05, 3.63) is 30.1 Å². The van der Waals surface area contributed by atoms with Crippen LogP contribution < -0.4 is 5.32 Å². The lowest BCUT2D eigenvalue weighted by molar-refractivity contribution is 0.414. The summed E-state index contributed by atoms with van der Waals surface area (Å²) in [7, 11) is 2.12. The predicted octanol–water partition coefficient (Wildman–Crippen LogP) is 1.94. The fraction of sp³-hybridized carbons (Fsp3) is 0.455. The molecule has 0 aliphatic carbocycles. The zero-order valence-corrected chi connectivity index (χ0v) is 8.33. The quantitative estimate of drug-likeness (QED) is 0.774. The van der Waals surface area contributed by atoms with Crippen LogP contribution >= 0.6 is 0 Å². The van der Waals surface area contributed by atoms with Crippen LogP contribution in [0.4, 0.5) is 10.1 Å². The molecule has 1 aliphatic heterocycles.